The van der Waals surface area contributed by atoms with Crippen LogP contribution in [-0.2, 0) is 9.84 Å². The Bertz CT molecular complexity index is 670. The lowest BCUT2D eigenvalue weighted by atomic mass is 10.1. The van der Waals surface area contributed by atoms with Crippen molar-refractivity contribution in [1.82, 2.24) is 10.1 Å². The molecule has 0 spiro atoms. The molecule has 1 aliphatic carbocycles. The second-order valence-corrected chi connectivity index (χ2v) is 6.55. The fourth-order valence-corrected chi connectivity index (χ4v) is 2.40. The Morgan fingerprint density at radius 3 is 2.61 bits per heavy atom. The van der Waals surface area contributed by atoms with Crippen LogP contribution >= 0.6 is 0 Å². The van der Waals surface area contributed by atoms with Gasteiger partial charge >= 0.3 is 0 Å². The van der Waals surface area contributed by atoms with Crippen LogP contribution < -0.4 is 0 Å². The maximum atomic E-state index is 11.3. The molecule has 0 atom stereocenters. The van der Waals surface area contributed by atoms with Crippen LogP contribution in [0.15, 0.2) is 33.9 Å². The van der Waals surface area contributed by atoms with Crippen molar-refractivity contribution in [3.8, 4) is 11.3 Å². The van der Waals surface area contributed by atoms with E-state index in [0.717, 1.165) is 24.2 Å². The van der Waals surface area contributed by atoms with Crippen LogP contribution in [0.4, 0.5) is 0 Å². The molecule has 6 heteroatoms. The quantitative estimate of drug-likeness (QED) is 0.848. The second-order valence-electron chi connectivity index (χ2n) is 4.53. The lowest BCUT2D eigenvalue weighted by Crippen LogP contribution is -1.98. The van der Waals surface area contributed by atoms with Gasteiger partial charge in [-0.05, 0) is 25.0 Å². The fraction of sp³-hybridized carbons (Fsp3) is 0.333. The molecule has 18 heavy (non-hydrogen) atoms. The Labute approximate surface area is 105 Å². The van der Waals surface area contributed by atoms with Crippen LogP contribution in [0.1, 0.15) is 24.5 Å². The first-order valence-electron chi connectivity index (χ1n) is 5.67. The zero-order valence-electron chi connectivity index (χ0n) is 9.83. The third-order valence-electron chi connectivity index (χ3n) is 2.99. The van der Waals surface area contributed by atoms with E-state index < -0.39 is 9.84 Å². The average molecular weight is 264 g/mol. The monoisotopic (exact) mass is 264 g/mol. The van der Waals surface area contributed by atoms with Gasteiger partial charge < -0.3 is 4.52 Å². The zero-order chi connectivity index (χ0) is 12.8. The number of hydrogen-bond donors (Lipinski definition) is 0. The summed E-state index contributed by atoms with van der Waals surface area (Å²) in [7, 11) is -3.20. The Hall–Kier alpha value is -1.69. The average Bonchev–Trinajstić information content (AvgIpc) is 3.06. The maximum absolute atomic E-state index is 11.3. The number of rotatable bonds is 3. The first-order valence-corrected chi connectivity index (χ1v) is 7.56. The van der Waals surface area contributed by atoms with Crippen molar-refractivity contribution in [3.63, 3.8) is 0 Å². The molecule has 3 rings (SSSR count). The number of pyridine rings is 1. The summed E-state index contributed by atoms with van der Waals surface area (Å²) in [6, 6.07) is 3.25. The molecule has 0 aromatic carbocycles. The molecule has 1 saturated carbocycles. The molecule has 0 bridgehead atoms. The van der Waals surface area contributed by atoms with Gasteiger partial charge in [-0.2, -0.15) is 0 Å². The van der Waals surface area contributed by atoms with Crippen molar-refractivity contribution >= 4 is 9.84 Å². The minimum absolute atomic E-state index is 0.218. The number of nitrogens with zero attached hydrogens (tertiary/aromatic N) is 2. The molecule has 0 unspecified atom stereocenters. The highest BCUT2D eigenvalue weighted by Crippen LogP contribution is 2.44. The van der Waals surface area contributed by atoms with Crippen LogP contribution in [0.25, 0.3) is 11.3 Å². The molecular formula is C12H12N2O3S. The van der Waals surface area contributed by atoms with E-state index in [0.29, 0.717) is 11.6 Å². The SMILES string of the molecule is CS(=O)(=O)c1ccc(-c2cnoc2C2CC2)nc1. The molecule has 2 aromatic heterocycles. The van der Waals surface area contributed by atoms with Crippen molar-refractivity contribution in [2.24, 2.45) is 0 Å². The third-order valence-corrected chi connectivity index (χ3v) is 4.08. The van der Waals surface area contributed by atoms with Gasteiger partial charge in [-0.3, -0.25) is 4.98 Å². The lowest BCUT2D eigenvalue weighted by Gasteiger charge is -2.01. The zero-order valence-corrected chi connectivity index (χ0v) is 10.6. The summed E-state index contributed by atoms with van der Waals surface area (Å²) in [6.45, 7) is 0. The van der Waals surface area contributed by atoms with E-state index in [1.807, 2.05) is 0 Å². The number of sulfone groups is 1. The molecule has 1 aliphatic rings. The van der Waals surface area contributed by atoms with Gasteiger partial charge in [0.15, 0.2) is 9.84 Å². The van der Waals surface area contributed by atoms with Gasteiger partial charge in [0, 0.05) is 18.4 Å². The van der Waals surface area contributed by atoms with Crippen molar-refractivity contribution in [1.29, 1.82) is 0 Å². The van der Waals surface area contributed by atoms with E-state index in [1.165, 1.54) is 12.5 Å². The molecule has 0 radical (unpaired) electrons. The van der Waals surface area contributed by atoms with E-state index in [4.69, 9.17) is 4.52 Å². The van der Waals surface area contributed by atoms with E-state index in [9.17, 15) is 8.42 Å². The molecule has 94 valence electrons. The summed E-state index contributed by atoms with van der Waals surface area (Å²) < 4.78 is 27.9. The van der Waals surface area contributed by atoms with Gasteiger partial charge in [-0.1, -0.05) is 5.16 Å². The van der Waals surface area contributed by atoms with Gasteiger partial charge in [-0.25, -0.2) is 8.42 Å². The van der Waals surface area contributed by atoms with Crippen molar-refractivity contribution in [2.75, 3.05) is 6.26 Å². The predicted octanol–water partition coefficient (Wildman–Crippen LogP) is 2.02. The molecule has 5 nitrogen and oxygen atoms in total. The Morgan fingerprint density at radius 1 is 1.28 bits per heavy atom. The molecular weight excluding hydrogens is 252 g/mol. The molecule has 2 aromatic rings. The van der Waals surface area contributed by atoms with Crippen molar-refractivity contribution in [2.45, 2.75) is 23.7 Å². The molecule has 2 heterocycles. The first-order chi connectivity index (χ1) is 8.55. The Balaban J connectivity index is 2.00. The predicted molar refractivity (Wildman–Crippen MR) is 64.8 cm³/mol. The standard InChI is InChI=1S/C12H12N2O3S/c1-18(15,16)9-4-5-11(13-6-9)10-7-14-17-12(10)8-2-3-8/h4-8H,2-3H2,1H3. The minimum atomic E-state index is -3.20. The third kappa shape index (κ3) is 2.03. The van der Waals surface area contributed by atoms with E-state index in [1.54, 1.807) is 18.3 Å². The highest BCUT2D eigenvalue weighted by molar-refractivity contribution is 7.90. The van der Waals surface area contributed by atoms with Crippen molar-refractivity contribution < 1.29 is 12.9 Å². The molecule has 0 amide bonds. The number of aromatic nitrogens is 2. The van der Waals surface area contributed by atoms with Crippen LogP contribution in [-0.4, -0.2) is 24.8 Å². The van der Waals surface area contributed by atoms with Gasteiger partial charge in [0.05, 0.1) is 22.3 Å². The number of hydrogen-bond acceptors (Lipinski definition) is 5. The van der Waals surface area contributed by atoms with Crippen LogP contribution in [0.2, 0.25) is 0 Å². The summed E-state index contributed by atoms with van der Waals surface area (Å²) in [5.41, 5.74) is 1.56. The molecule has 0 N–H and O–H groups in total. The minimum Gasteiger partial charge on any atom is -0.360 e. The molecule has 0 aliphatic heterocycles. The van der Waals surface area contributed by atoms with Crippen molar-refractivity contribution in [3.05, 3.63) is 30.3 Å². The van der Waals surface area contributed by atoms with Gasteiger partial charge in [0.2, 0.25) is 0 Å². The van der Waals surface area contributed by atoms with E-state index in [-0.39, 0.29) is 4.90 Å². The Kier molecular flexibility index (Phi) is 2.48. The van der Waals surface area contributed by atoms with E-state index >= 15 is 0 Å². The fourth-order valence-electron chi connectivity index (χ4n) is 1.84. The summed E-state index contributed by atoms with van der Waals surface area (Å²) in [5, 5.41) is 3.80. The topological polar surface area (TPSA) is 73.1 Å². The lowest BCUT2D eigenvalue weighted by molar-refractivity contribution is 0.385. The summed E-state index contributed by atoms with van der Waals surface area (Å²) in [4.78, 5) is 4.40. The summed E-state index contributed by atoms with van der Waals surface area (Å²) >= 11 is 0. The molecule has 0 saturated heterocycles. The highest BCUT2D eigenvalue weighted by Gasteiger charge is 2.31. The first kappa shape index (κ1) is 11.4. The highest BCUT2D eigenvalue weighted by atomic mass is 32.2. The largest absolute Gasteiger partial charge is 0.360 e. The van der Waals surface area contributed by atoms with Gasteiger partial charge in [0.1, 0.15) is 5.76 Å². The van der Waals surface area contributed by atoms with Gasteiger partial charge in [-0.15, -0.1) is 0 Å². The van der Waals surface area contributed by atoms with E-state index in [2.05, 4.69) is 10.1 Å². The smallest absolute Gasteiger partial charge is 0.177 e. The Morgan fingerprint density at radius 2 is 2.06 bits per heavy atom. The normalized spacial score (nSPS) is 15.8. The summed E-state index contributed by atoms with van der Waals surface area (Å²) in [5.74, 6) is 1.30. The van der Waals surface area contributed by atoms with Crippen LogP contribution in [0.3, 0.4) is 0 Å². The van der Waals surface area contributed by atoms with Crippen LogP contribution in [0.5, 0.6) is 0 Å². The molecule has 1 fully saturated rings. The van der Waals surface area contributed by atoms with Gasteiger partial charge in [0.25, 0.3) is 0 Å². The van der Waals surface area contributed by atoms with Crippen LogP contribution in [0, 0.1) is 0 Å². The maximum Gasteiger partial charge on any atom is 0.177 e. The summed E-state index contributed by atoms with van der Waals surface area (Å²) in [6.07, 6.45) is 6.40. The second kappa shape index (κ2) is 3.91.